The first-order valence-corrected chi connectivity index (χ1v) is 7.03. The summed E-state index contributed by atoms with van der Waals surface area (Å²) in [6.45, 7) is 3.44. The summed E-state index contributed by atoms with van der Waals surface area (Å²) in [5.41, 5.74) is 1.06. The summed E-state index contributed by atoms with van der Waals surface area (Å²) in [5.74, 6) is 1.44. The van der Waals surface area contributed by atoms with Crippen LogP contribution < -0.4 is 4.90 Å². The standard InChI is InChI=1S/C14H19N3O2/c1-2-11-7-12(16-13(15-11)9-3-4-9)17-6-5-10(8-17)14(18)19/h7,9-10H,2-6,8H2,1H3,(H,18,19). The Morgan fingerprint density at radius 3 is 2.79 bits per heavy atom. The molecule has 5 nitrogen and oxygen atoms in total. The van der Waals surface area contributed by atoms with Crippen molar-refractivity contribution in [2.75, 3.05) is 18.0 Å². The van der Waals surface area contributed by atoms with Gasteiger partial charge in [-0.3, -0.25) is 4.79 Å². The highest BCUT2D eigenvalue weighted by Gasteiger charge is 2.31. The molecule has 2 heterocycles. The second kappa shape index (κ2) is 4.79. The molecule has 19 heavy (non-hydrogen) atoms. The van der Waals surface area contributed by atoms with Gasteiger partial charge in [0.1, 0.15) is 11.6 Å². The summed E-state index contributed by atoms with van der Waals surface area (Å²) in [7, 11) is 0. The average molecular weight is 261 g/mol. The molecule has 1 aliphatic heterocycles. The van der Waals surface area contributed by atoms with E-state index in [9.17, 15) is 4.79 Å². The van der Waals surface area contributed by atoms with Crippen LogP contribution in [0.2, 0.25) is 0 Å². The molecule has 1 saturated carbocycles. The molecule has 5 heteroatoms. The maximum Gasteiger partial charge on any atom is 0.308 e. The Balaban J connectivity index is 1.83. The number of carboxylic acid groups (broad SMARTS) is 1. The zero-order chi connectivity index (χ0) is 13.4. The van der Waals surface area contributed by atoms with E-state index in [0.29, 0.717) is 18.9 Å². The molecule has 102 valence electrons. The minimum absolute atomic E-state index is 0.260. The quantitative estimate of drug-likeness (QED) is 0.895. The highest BCUT2D eigenvalue weighted by atomic mass is 16.4. The summed E-state index contributed by atoms with van der Waals surface area (Å²) in [6, 6.07) is 2.01. The van der Waals surface area contributed by atoms with Gasteiger partial charge in [0.2, 0.25) is 0 Å². The van der Waals surface area contributed by atoms with Crippen LogP contribution in [0.5, 0.6) is 0 Å². The second-order valence-electron chi connectivity index (χ2n) is 5.47. The van der Waals surface area contributed by atoms with E-state index in [1.807, 2.05) is 6.07 Å². The van der Waals surface area contributed by atoms with Gasteiger partial charge in [-0.25, -0.2) is 9.97 Å². The van der Waals surface area contributed by atoms with Crippen LogP contribution in [0.3, 0.4) is 0 Å². The molecular weight excluding hydrogens is 242 g/mol. The van der Waals surface area contributed by atoms with Crippen molar-refractivity contribution in [3.63, 3.8) is 0 Å². The lowest BCUT2D eigenvalue weighted by molar-refractivity contribution is -0.140. The minimum Gasteiger partial charge on any atom is -0.481 e. The number of carboxylic acids is 1. The zero-order valence-corrected chi connectivity index (χ0v) is 11.2. The van der Waals surface area contributed by atoms with Gasteiger partial charge in [0, 0.05) is 30.8 Å². The van der Waals surface area contributed by atoms with Gasteiger partial charge >= 0.3 is 5.97 Å². The molecule has 1 aliphatic carbocycles. The zero-order valence-electron chi connectivity index (χ0n) is 11.2. The molecule has 1 atom stereocenters. The normalized spacial score (nSPS) is 22.8. The Morgan fingerprint density at radius 1 is 1.42 bits per heavy atom. The predicted octanol–water partition coefficient (Wildman–Crippen LogP) is 1.83. The molecule has 1 aromatic rings. The van der Waals surface area contributed by atoms with Crippen molar-refractivity contribution in [2.45, 2.75) is 38.5 Å². The van der Waals surface area contributed by atoms with Gasteiger partial charge in [0.25, 0.3) is 0 Å². The van der Waals surface area contributed by atoms with E-state index in [2.05, 4.69) is 21.8 Å². The fourth-order valence-electron chi connectivity index (χ4n) is 2.54. The van der Waals surface area contributed by atoms with Crippen molar-refractivity contribution < 1.29 is 9.90 Å². The van der Waals surface area contributed by atoms with E-state index in [-0.39, 0.29) is 5.92 Å². The lowest BCUT2D eigenvalue weighted by Gasteiger charge is -2.18. The Labute approximate surface area is 112 Å². The largest absolute Gasteiger partial charge is 0.481 e. The molecule has 1 saturated heterocycles. The third kappa shape index (κ3) is 2.55. The van der Waals surface area contributed by atoms with Gasteiger partial charge in [0.05, 0.1) is 5.92 Å². The first kappa shape index (κ1) is 12.4. The molecule has 1 aromatic heterocycles. The van der Waals surface area contributed by atoms with Crippen molar-refractivity contribution in [1.29, 1.82) is 0 Å². The summed E-state index contributed by atoms with van der Waals surface area (Å²) in [6.07, 6.45) is 3.97. The van der Waals surface area contributed by atoms with Crippen LogP contribution in [0.25, 0.3) is 0 Å². The van der Waals surface area contributed by atoms with Crippen LogP contribution in [0.1, 0.15) is 43.6 Å². The fourth-order valence-corrected chi connectivity index (χ4v) is 2.54. The monoisotopic (exact) mass is 261 g/mol. The van der Waals surface area contributed by atoms with Crippen LogP contribution in [0.15, 0.2) is 6.07 Å². The number of rotatable bonds is 4. The Bertz CT molecular complexity index is 499. The van der Waals surface area contributed by atoms with Gasteiger partial charge in [-0.05, 0) is 25.7 Å². The summed E-state index contributed by atoms with van der Waals surface area (Å²) in [4.78, 5) is 22.3. The number of nitrogens with zero attached hydrogens (tertiary/aromatic N) is 3. The van der Waals surface area contributed by atoms with Gasteiger partial charge in [0.15, 0.2) is 0 Å². The molecule has 3 rings (SSSR count). The molecule has 2 fully saturated rings. The highest BCUT2D eigenvalue weighted by molar-refractivity contribution is 5.71. The number of carbonyl (C=O) groups is 1. The van der Waals surface area contributed by atoms with Crippen molar-refractivity contribution in [1.82, 2.24) is 9.97 Å². The van der Waals surface area contributed by atoms with E-state index in [1.165, 1.54) is 12.8 Å². The minimum atomic E-state index is -0.699. The molecule has 0 aromatic carbocycles. The maximum absolute atomic E-state index is 11.0. The molecule has 1 unspecified atom stereocenters. The van der Waals surface area contributed by atoms with Gasteiger partial charge in [-0.15, -0.1) is 0 Å². The van der Waals surface area contributed by atoms with Crippen LogP contribution in [-0.2, 0) is 11.2 Å². The van der Waals surface area contributed by atoms with E-state index in [4.69, 9.17) is 5.11 Å². The number of hydrogen-bond donors (Lipinski definition) is 1. The van der Waals surface area contributed by atoms with Gasteiger partial charge in [-0.1, -0.05) is 6.92 Å². The predicted molar refractivity (Wildman–Crippen MR) is 71.3 cm³/mol. The van der Waals surface area contributed by atoms with E-state index in [0.717, 1.165) is 30.3 Å². The van der Waals surface area contributed by atoms with Crippen molar-refractivity contribution in [3.8, 4) is 0 Å². The first-order chi connectivity index (χ1) is 9.17. The van der Waals surface area contributed by atoms with Crippen LogP contribution in [0, 0.1) is 5.92 Å². The number of aliphatic carboxylic acids is 1. The number of aromatic nitrogens is 2. The molecule has 0 radical (unpaired) electrons. The summed E-state index contributed by atoms with van der Waals surface area (Å²) < 4.78 is 0. The molecule has 1 N–H and O–H groups in total. The summed E-state index contributed by atoms with van der Waals surface area (Å²) in [5, 5.41) is 9.07. The van der Waals surface area contributed by atoms with E-state index in [1.54, 1.807) is 0 Å². The third-order valence-electron chi connectivity index (χ3n) is 3.95. The van der Waals surface area contributed by atoms with E-state index >= 15 is 0 Å². The number of hydrogen-bond acceptors (Lipinski definition) is 4. The smallest absolute Gasteiger partial charge is 0.308 e. The molecule has 2 aliphatic rings. The topological polar surface area (TPSA) is 66.3 Å². The SMILES string of the molecule is CCc1cc(N2CCC(C(=O)O)C2)nc(C2CC2)n1. The molecular formula is C14H19N3O2. The highest BCUT2D eigenvalue weighted by Crippen LogP contribution is 2.39. The number of anilines is 1. The average Bonchev–Trinajstić information content (AvgIpc) is 3.14. The van der Waals surface area contributed by atoms with Crippen molar-refractivity contribution in [3.05, 3.63) is 17.6 Å². The van der Waals surface area contributed by atoms with Crippen LogP contribution in [0.4, 0.5) is 5.82 Å². The third-order valence-corrected chi connectivity index (χ3v) is 3.95. The Morgan fingerprint density at radius 2 is 2.21 bits per heavy atom. The summed E-state index contributed by atoms with van der Waals surface area (Å²) >= 11 is 0. The molecule has 0 amide bonds. The first-order valence-electron chi connectivity index (χ1n) is 7.03. The maximum atomic E-state index is 11.0. The lowest BCUT2D eigenvalue weighted by Crippen LogP contribution is -2.24. The van der Waals surface area contributed by atoms with Crippen molar-refractivity contribution in [2.24, 2.45) is 5.92 Å². The lowest BCUT2D eigenvalue weighted by atomic mass is 10.1. The van der Waals surface area contributed by atoms with Crippen LogP contribution in [-0.4, -0.2) is 34.1 Å². The molecule has 0 spiro atoms. The second-order valence-corrected chi connectivity index (χ2v) is 5.47. The Kier molecular flexibility index (Phi) is 3.12. The fraction of sp³-hybridized carbons (Fsp3) is 0.643. The van der Waals surface area contributed by atoms with E-state index < -0.39 is 5.97 Å². The molecule has 0 bridgehead atoms. The number of aryl methyl sites for hydroxylation is 1. The van der Waals surface area contributed by atoms with Gasteiger partial charge < -0.3 is 10.0 Å². The van der Waals surface area contributed by atoms with Gasteiger partial charge in [-0.2, -0.15) is 0 Å². The Hall–Kier alpha value is -1.65. The van der Waals surface area contributed by atoms with Crippen molar-refractivity contribution >= 4 is 11.8 Å². The van der Waals surface area contributed by atoms with Crippen LogP contribution >= 0.6 is 0 Å².